The summed E-state index contributed by atoms with van der Waals surface area (Å²) in [5.74, 6) is -5.50. The van der Waals surface area contributed by atoms with Gasteiger partial charge in [-0.2, -0.15) is 0 Å². The maximum Gasteiger partial charge on any atom is 0.331 e. The molecule has 1 aromatic rings. The van der Waals surface area contributed by atoms with Crippen LogP contribution in [-0.2, 0) is 19.1 Å². The van der Waals surface area contributed by atoms with Gasteiger partial charge in [-0.25, -0.2) is 9.18 Å². The highest BCUT2D eigenvalue weighted by Crippen LogP contribution is 2.76. The summed E-state index contributed by atoms with van der Waals surface area (Å²) in [6, 6.07) is 5.58. The molecule has 198 valence electrons. The third-order valence-corrected chi connectivity index (χ3v) is 10.4. The molecule has 7 rings (SSSR count). The SMILES string of the molecule is C=C1C(=O)[C@@]23C(CC[C@@H]1[C@H]2OC(=O)/C=C/c1ccc(F)cc1)[C@@]12CO[C@@]3(O)[C@@H](O)[C@@H]1C(C)(C)CC[C@@H]2O. The highest BCUT2D eigenvalue weighted by atomic mass is 19.1. The van der Waals surface area contributed by atoms with Crippen molar-refractivity contribution in [2.75, 3.05) is 6.61 Å². The topological polar surface area (TPSA) is 113 Å². The summed E-state index contributed by atoms with van der Waals surface area (Å²) in [5, 5.41) is 35.4. The Kier molecular flexibility index (Phi) is 5.27. The lowest BCUT2D eigenvalue weighted by atomic mass is 9.35. The molecule has 7 nitrogen and oxygen atoms in total. The Labute approximate surface area is 215 Å². The molecule has 0 amide bonds. The van der Waals surface area contributed by atoms with E-state index in [0.717, 1.165) is 0 Å². The second-order valence-electron chi connectivity index (χ2n) is 12.3. The minimum absolute atomic E-state index is 0.0117. The zero-order chi connectivity index (χ0) is 26.5. The highest BCUT2D eigenvalue weighted by molar-refractivity contribution is 6.05. The molecule has 3 N–H and O–H groups in total. The third-order valence-electron chi connectivity index (χ3n) is 10.4. The number of aliphatic hydroxyl groups is 3. The van der Waals surface area contributed by atoms with Gasteiger partial charge in [0.25, 0.3) is 0 Å². The molecule has 1 aromatic carbocycles. The Bertz CT molecular complexity index is 1210. The second kappa shape index (κ2) is 7.82. The van der Waals surface area contributed by atoms with Crippen molar-refractivity contribution < 1.29 is 38.8 Å². The van der Waals surface area contributed by atoms with Gasteiger partial charge in [0.15, 0.2) is 5.78 Å². The number of hydrogen-bond acceptors (Lipinski definition) is 7. The monoisotopic (exact) mass is 512 g/mol. The Hall–Kier alpha value is -2.39. The molecule has 0 radical (unpaired) electrons. The quantitative estimate of drug-likeness (QED) is 0.422. The molecule has 0 aromatic heterocycles. The predicted molar refractivity (Wildman–Crippen MR) is 130 cm³/mol. The fourth-order valence-electron chi connectivity index (χ4n) is 8.94. The van der Waals surface area contributed by atoms with Gasteiger partial charge in [0.05, 0.1) is 12.7 Å². The number of ether oxygens (including phenoxy) is 2. The van der Waals surface area contributed by atoms with Gasteiger partial charge < -0.3 is 24.8 Å². The van der Waals surface area contributed by atoms with E-state index < -0.39 is 75.7 Å². The average molecular weight is 513 g/mol. The summed E-state index contributed by atoms with van der Waals surface area (Å²) in [4.78, 5) is 27.1. The van der Waals surface area contributed by atoms with Crippen LogP contribution in [0.3, 0.4) is 0 Å². The molecule has 2 spiro atoms. The number of halogens is 1. The standard InChI is InChI=1S/C29H33FO7/c1-15-18-9-10-19-27-14-36-29(35,24(34)22(27)26(2,3)13-12-20(27)31)28(19,23(15)33)25(18)37-21(32)11-6-16-4-7-17(30)8-5-16/h4-8,11,18-20,22,24-25,31,34-35H,1,9-10,12-14H2,2-3H3/b11-6+/t18-,19?,20-,22+,24-,25+,27+,28-,29-/m0/s1. The van der Waals surface area contributed by atoms with Crippen LogP contribution >= 0.6 is 0 Å². The van der Waals surface area contributed by atoms with Crippen LogP contribution in [0.4, 0.5) is 4.39 Å². The number of ketones is 1. The van der Waals surface area contributed by atoms with E-state index in [1.54, 1.807) is 0 Å². The molecule has 4 saturated carbocycles. The van der Waals surface area contributed by atoms with Crippen molar-refractivity contribution in [2.45, 2.75) is 63.6 Å². The fraction of sp³-hybridized carbons (Fsp3) is 0.586. The van der Waals surface area contributed by atoms with Gasteiger partial charge >= 0.3 is 5.97 Å². The summed E-state index contributed by atoms with van der Waals surface area (Å²) in [5.41, 5.74) is -2.33. The number of esters is 1. The molecule has 8 heteroatoms. The molecule has 1 unspecified atom stereocenters. The smallest absolute Gasteiger partial charge is 0.331 e. The van der Waals surface area contributed by atoms with Crippen molar-refractivity contribution in [3.8, 4) is 0 Å². The predicted octanol–water partition coefficient (Wildman–Crippen LogP) is 2.78. The van der Waals surface area contributed by atoms with Gasteiger partial charge in [-0.05, 0) is 66.4 Å². The molecular weight excluding hydrogens is 479 g/mol. The summed E-state index contributed by atoms with van der Waals surface area (Å²) < 4.78 is 25.2. The highest BCUT2D eigenvalue weighted by Gasteiger charge is 2.87. The Morgan fingerprint density at radius 2 is 1.89 bits per heavy atom. The van der Waals surface area contributed by atoms with E-state index in [1.807, 2.05) is 13.8 Å². The molecule has 9 atom stereocenters. The molecule has 6 fully saturated rings. The molecule has 6 aliphatic rings. The van der Waals surface area contributed by atoms with Crippen LogP contribution in [0, 0.1) is 39.8 Å². The molecule has 2 aliphatic heterocycles. The Balaban J connectivity index is 1.44. The van der Waals surface area contributed by atoms with Gasteiger partial charge in [-0.1, -0.05) is 32.6 Å². The number of carbonyl (C=O) groups is 2. The molecule has 37 heavy (non-hydrogen) atoms. The minimum Gasteiger partial charge on any atom is -0.457 e. The maximum atomic E-state index is 14.0. The first-order chi connectivity index (χ1) is 17.4. The van der Waals surface area contributed by atoms with Gasteiger partial charge in [0.1, 0.15) is 23.4 Å². The van der Waals surface area contributed by atoms with Crippen LogP contribution in [0.5, 0.6) is 0 Å². The van der Waals surface area contributed by atoms with Gasteiger partial charge in [0.2, 0.25) is 5.79 Å². The number of rotatable bonds is 3. The van der Waals surface area contributed by atoms with Gasteiger partial charge in [-0.3, -0.25) is 4.79 Å². The largest absolute Gasteiger partial charge is 0.457 e. The summed E-state index contributed by atoms with van der Waals surface area (Å²) in [7, 11) is 0. The first kappa shape index (κ1) is 24.9. The van der Waals surface area contributed by atoms with E-state index in [1.165, 1.54) is 36.4 Å². The lowest BCUT2D eigenvalue weighted by Gasteiger charge is -2.74. The lowest BCUT2D eigenvalue weighted by molar-refractivity contribution is -0.458. The van der Waals surface area contributed by atoms with Crippen molar-refractivity contribution in [3.63, 3.8) is 0 Å². The van der Waals surface area contributed by atoms with Crippen molar-refractivity contribution in [1.29, 1.82) is 0 Å². The minimum atomic E-state index is -2.29. The van der Waals surface area contributed by atoms with Gasteiger partial charge in [0, 0.05) is 23.3 Å². The summed E-state index contributed by atoms with van der Waals surface area (Å²) in [6.07, 6.45) is 1.41. The van der Waals surface area contributed by atoms with Crippen LogP contribution in [0.25, 0.3) is 6.08 Å². The van der Waals surface area contributed by atoms with Crippen molar-refractivity contribution in [2.24, 2.45) is 34.0 Å². The number of carbonyl (C=O) groups excluding carboxylic acids is 2. The number of Topliss-reactive ketones (excluding diaryl/α,β-unsaturated/α-hetero) is 1. The van der Waals surface area contributed by atoms with Crippen molar-refractivity contribution in [1.82, 2.24) is 0 Å². The first-order valence-corrected chi connectivity index (χ1v) is 13.0. The number of aliphatic hydroxyl groups excluding tert-OH is 2. The van der Waals surface area contributed by atoms with Crippen molar-refractivity contribution in [3.05, 3.63) is 53.9 Å². The first-order valence-electron chi connectivity index (χ1n) is 13.0. The van der Waals surface area contributed by atoms with Crippen LogP contribution in [0.15, 0.2) is 42.5 Å². The molecule has 4 bridgehead atoms. The van der Waals surface area contributed by atoms with E-state index in [2.05, 4.69) is 6.58 Å². The van der Waals surface area contributed by atoms with Crippen molar-refractivity contribution >= 4 is 17.8 Å². The molecule has 4 aliphatic carbocycles. The molecular formula is C29H33FO7. The van der Waals surface area contributed by atoms with Crippen LogP contribution < -0.4 is 0 Å². The van der Waals surface area contributed by atoms with Crippen LogP contribution in [-0.4, -0.2) is 57.8 Å². The Morgan fingerprint density at radius 1 is 1.19 bits per heavy atom. The third kappa shape index (κ3) is 2.90. The normalized spacial score (nSPS) is 45.6. The Morgan fingerprint density at radius 3 is 2.59 bits per heavy atom. The number of benzene rings is 1. The zero-order valence-electron chi connectivity index (χ0n) is 21.0. The molecule has 2 heterocycles. The summed E-state index contributed by atoms with van der Waals surface area (Å²) >= 11 is 0. The van der Waals surface area contributed by atoms with Crippen LogP contribution in [0.1, 0.15) is 45.1 Å². The average Bonchev–Trinajstić information content (AvgIpc) is 2.97. The summed E-state index contributed by atoms with van der Waals surface area (Å²) in [6.45, 7) is 8.05. The second-order valence-corrected chi connectivity index (χ2v) is 12.3. The fourth-order valence-corrected chi connectivity index (χ4v) is 8.94. The van der Waals surface area contributed by atoms with Gasteiger partial charge in [-0.15, -0.1) is 0 Å². The van der Waals surface area contributed by atoms with Crippen LogP contribution in [0.2, 0.25) is 0 Å². The van der Waals surface area contributed by atoms with E-state index in [-0.39, 0.29) is 12.2 Å². The lowest BCUT2D eigenvalue weighted by Crippen LogP contribution is -2.85. The van der Waals surface area contributed by atoms with E-state index in [0.29, 0.717) is 31.2 Å². The van der Waals surface area contributed by atoms with E-state index in [4.69, 9.17) is 9.47 Å². The maximum absolute atomic E-state index is 14.0. The number of fused-ring (bicyclic) bond motifs is 2. The van der Waals surface area contributed by atoms with E-state index >= 15 is 0 Å². The van der Waals surface area contributed by atoms with E-state index in [9.17, 15) is 29.3 Å². The molecule has 2 saturated heterocycles. The zero-order valence-corrected chi connectivity index (χ0v) is 21.0. The number of hydrogen-bond donors (Lipinski definition) is 3.